The van der Waals surface area contributed by atoms with Crippen molar-refractivity contribution in [3.8, 4) is 17.4 Å². The molecule has 3 aliphatic heterocycles. The summed E-state index contributed by atoms with van der Waals surface area (Å²) in [6, 6.07) is 28.8. The van der Waals surface area contributed by atoms with Crippen molar-refractivity contribution in [2.75, 3.05) is 36.5 Å². The zero-order valence-electron chi connectivity index (χ0n) is 36.4. The smallest absolute Gasteiger partial charge is 0.300 e. The first kappa shape index (κ1) is 42.4. The highest BCUT2D eigenvalue weighted by Gasteiger charge is 2.47. The molecule has 1 spiro atoms. The predicted octanol–water partition coefficient (Wildman–Crippen LogP) is 8.90. The molecule has 3 aromatic heterocycles. The lowest BCUT2D eigenvalue weighted by Crippen LogP contribution is -2.59. The predicted molar refractivity (Wildman–Crippen MR) is 247 cm³/mol. The van der Waals surface area contributed by atoms with E-state index in [0.717, 1.165) is 68.0 Å². The van der Waals surface area contributed by atoms with Crippen molar-refractivity contribution in [1.29, 1.82) is 0 Å². The molecule has 3 aromatic carbocycles. The molecule has 3 N–H and O–H groups in total. The van der Waals surface area contributed by atoms with E-state index in [1.165, 1.54) is 30.2 Å². The minimum Gasteiger partial charge on any atom is -0.474 e. The second-order valence-corrected chi connectivity index (χ2v) is 20.0. The van der Waals surface area contributed by atoms with E-state index in [1.807, 2.05) is 36.4 Å². The molecular weight excluding hydrogens is 845 g/mol. The van der Waals surface area contributed by atoms with Crippen LogP contribution in [0.25, 0.3) is 11.0 Å². The molecule has 1 unspecified atom stereocenters. The lowest BCUT2D eigenvalue weighted by atomic mass is 9.67. The normalized spacial score (nSPS) is 19.6. The van der Waals surface area contributed by atoms with Crippen LogP contribution in [0.15, 0.2) is 108 Å². The number of anilines is 2. The summed E-state index contributed by atoms with van der Waals surface area (Å²) < 4.78 is 41.9. The minimum atomic E-state index is -4.75. The van der Waals surface area contributed by atoms with E-state index < -0.39 is 31.6 Å². The number of H-pyrrole nitrogens is 1. The number of fused-ring (bicyclic) bond motifs is 2. The van der Waals surface area contributed by atoms with Gasteiger partial charge < -0.3 is 24.7 Å². The Balaban J connectivity index is 0.858. The number of benzene rings is 3. The van der Waals surface area contributed by atoms with E-state index in [1.54, 1.807) is 30.5 Å². The van der Waals surface area contributed by atoms with Gasteiger partial charge in [0, 0.05) is 53.9 Å². The van der Waals surface area contributed by atoms with Gasteiger partial charge in [-0.1, -0.05) is 68.4 Å². The van der Waals surface area contributed by atoms with Crippen molar-refractivity contribution in [2.45, 2.75) is 87.9 Å². The minimum absolute atomic E-state index is 0.0314. The van der Waals surface area contributed by atoms with E-state index in [4.69, 9.17) is 9.47 Å². The molecule has 1 saturated carbocycles. The molecule has 2 saturated heterocycles. The standard InChI is InChI=1S/C49H52N8O7S/c1-31(2)38-11-6-7-12-39(38)41-13-8-22-56(41)35-16-19-49(20-17-35)29-55(30-49)36-14-15-40(43(25-36)64-37-24-33-18-21-50-46(33)51-27-37)47(58)54-65(61,62)44-26-42(57(59)60)45-48(53-44)63-28-34(52-45)23-32-9-4-3-5-10-32/h3-7,9-12,14-15,18,21,24-27,31,34-35,41,52H,8,13,16-17,19-20,22-23,28-30H2,1-2H3,(H,50,51)(H,54,58)/t34-,41?/m0/s1. The average Bonchev–Trinajstić information content (AvgIpc) is 3.98. The van der Waals surface area contributed by atoms with Crippen LogP contribution >= 0.6 is 0 Å². The van der Waals surface area contributed by atoms with Gasteiger partial charge in [0.15, 0.2) is 10.7 Å². The molecule has 65 heavy (non-hydrogen) atoms. The lowest BCUT2D eigenvalue weighted by molar-refractivity contribution is -0.384. The van der Waals surface area contributed by atoms with Crippen molar-refractivity contribution in [3.63, 3.8) is 0 Å². The van der Waals surface area contributed by atoms with Crippen LogP contribution in [0.2, 0.25) is 0 Å². The number of nitrogens with zero attached hydrogens (tertiary/aromatic N) is 5. The number of rotatable bonds is 12. The van der Waals surface area contributed by atoms with Crippen molar-refractivity contribution in [1.82, 2.24) is 24.6 Å². The van der Waals surface area contributed by atoms with Gasteiger partial charge in [-0.15, -0.1) is 0 Å². The van der Waals surface area contributed by atoms with Crippen molar-refractivity contribution >= 4 is 44.0 Å². The summed E-state index contributed by atoms with van der Waals surface area (Å²) in [7, 11) is -4.75. The molecule has 1 amide bonds. The second kappa shape index (κ2) is 17.1. The van der Waals surface area contributed by atoms with Crippen LogP contribution in [0.1, 0.15) is 91.4 Å². The van der Waals surface area contributed by atoms with Gasteiger partial charge in [0.1, 0.15) is 23.8 Å². The number of hydrogen-bond acceptors (Lipinski definition) is 12. The van der Waals surface area contributed by atoms with Gasteiger partial charge in [-0.25, -0.2) is 9.71 Å². The molecule has 4 aliphatic rings. The fraction of sp³-hybridized carbons (Fsp3) is 0.367. The number of ether oxygens (including phenoxy) is 2. The highest BCUT2D eigenvalue weighted by atomic mass is 32.2. The molecule has 1 aliphatic carbocycles. The van der Waals surface area contributed by atoms with Gasteiger partial charge >= 0.3 is 5.69 Å². The van der Waals surface area contributed by atoms with Crippen LogP contribution in [0, 0.1) is 15.5 Å². The number of nitro groups is 1. The summed E-state index contributed by atoms with van der Waals surface area (Å²) >= 11 is 0. The van der Waals surface area contributed by atoms with Gasteiger partial charge in [0.2, 0.25) is 5.88 Å². The van der Waals surface area contributed by atoms with Crippen LogP contribution in [0.5, 0.6) is 17.4 Å². The number of amides is 1. The second-order valence-electron chi connectivity index (χ2n) is 18.3. The molecule has 6 aromatic rings. The SMILES string of the molecule is CC(C)c1ccccc1C1CCCN1C1CCC2(CC1)CN(c1ccc(C(=O)NS(=O)(=O)c3cc([N+](=O)[O-])c4c(n3)OC[C@H](Cc3ccccc3)N4)c(Oc3cnc4[nH]ccc4c3)c1)C2. The molecule has 15 nitrogen and oxygen atoms in total. The number of carbonyl (C=O) groups excluding carboxylic acids is 1. The number of likely N-dealkylation sites (tertiary alicyclic amines) is 1. The Morgan fingerprint density at radius 2 is 1.80 bits per heavy atom. The Labute approximate surface area is 377 Å². The maximum absolute atomic E-state index is 14.0. The third-order valence-corrected chi connectivity index (χ3v) is 14.9. The monoisotopic (exact) mass is 896 g/mol. The Hall–Kier alpha value is -6.52. The molecule has 16 heteroatoms. The van der Waals surface area contributed by atoms with E-state index in [0.29, 0.717) is 35.8 Å². The van der Waals surface area contributed by atoms with E-state index in [-0.39, 0.29) is 40.9 Å². The number of sulfonamides is 1. The summed E-state index contributed by atoms with van der Waals surface area (Å²) in [6.07, 6.45) is 10.8. The highest BCUT2D eigenvalue weighted by Crippen LogP contribution is 2.49. The van der Waals surface area contributed by atoms with Gasteiger partial charge in [-0.05, 0) is 98.4 Å². The number of pyridine rings is 2. The largest absolute Gasteiger partial charge is 0.474 e. The maximum atomic E-state index is 14.0. The molecule has 2 atom stereocenters. The Kier molecular flexibility index (Phi) is 11.2. The number of aromatic amines is 1. The number of nitrogens with one attached hydrogen (secondary N) is 3. The summed E-state index contributed by atoms with van der Waals surface area (Å²) in [5.41, 5.74) is 5.01. The van der Waals surface area contributed by atoms with Crippen LogP contribution in [0.3, 0.4) is 0 Å². The maximum Gasteiger partial charge on any atom is 0.300 e. The molecule has 10 rings (SSSR count). The van der Waals surface area contributed by atoms with Crippen molar-refractivity contribution < 1.29 is 27.6 Å². The van der Waals surface area contributed by atoms with Crippen LogP contribution in [-0.2, 0) is 16.4 Å². The molecular formula is C49H52N8O7S. The summed E-state index contributed by atoms with van der Waals surface area (Å²) in [6.45, 7) is 7.53. The van der Waals surface area contributed by atoms with Crippen LogP contribution in [-0.4, -0.2) is 77.4 Å². The van der Waals surface area contributed by atoms with Gasteiger partial charge in [0.25, 0.3) is 15.9 Å². The Morgan fingerprint density at radius 1 is 1.02 bits per heavy atom. The van der Waals surface area contributed by atoms with E-state index in [2.05, 4.69) is 72.9 Å². The van der Waals surface area contributed by atoms with Crippen LogP contribution < -0.4 is 24.4 Å². The number of aromatic nitrogens is 3. The van der Waals surface area contributed by atoms with Gasteiger partial charge in [-0.3, -0.25) is 19.8 Å². The average molecular weight is 897 g/mol. The highest BCUT2D eigenvalue weighted by molar-refractivity contribution is 7.90. The number of hydrogen-bond donors (Lipinski definition) is 3. The first-order valence-electron chi connectivity index (χ1n) is 22.5. The third-order valence-electron chi connectivity index (χ3n) is 13.7. The quantitative estimate of drug-likeness (QED) is 0.0784. The first-order valence-corrected chi connectivity index (χ1v) is 23.9. The molecule has 0 bridgehead atoms. The Morgan fingerprint density at radius 3 is 2.58 bits per heavy atom. The van der Waals surface area contributed by atoms with Crippen molar-refractivity contribution in [2.24, 2.45) is 5.41 Å². The summed E-state index contributed by atoms with van der Waals surface area (Å²) in [5, 5.41) is 15.5. The first-order chi connectivity index (χ1) is 31.4. The molecule has 3 fully saturated rings. The van der Waals surface area contributed by atoms with E-state index in [9.17, 15) is 23.3 Å². The van der Waals surface area contributed by atoms with Gasteiger partial charge in [-0.2, -0.15) is 13.4 Å². The fourth-order valence-corrected chi connectivity index (χ4v) is 11.4. The molecule has 6 heterocycles. The third kappa shape index (κ3) is 8.48. The fourth-order valence-electron chi connectivity index (χ4n) is 10.5. The molecule has 336 valence electrons. The zero-order chi connectivity index (χ0) is 44.9. The van der Waals surface area contributed by atoms with Crippen LogP contribution in [0.4, 0.5) is 17.1 Å². The van der Waals surface area contributed by atoms with Crippen molar-refractivity contribution in [3.05, 3.63) is 136 Å². The number of carbonyl (C=O) groups is 1. The topological polar surface area (TPSA) is 185 Å². The summed E-state index contributed by atoms with van der Waals surface area (Å²) in [5.74, 6) is -0.281. The van der Waals surface area contributed by atoms with E-state index >= 15 is 0 Å². The lowest BCUT2D eigenvalue weighted by Gasteiger charge is -2.55. The summed E-state index contributed by atoms with van der Waals surface area (Å²) in [4.78, 5) is 42.3. The van der Waals surface area contributed by atoms with Gasteiger partial charge in [0.05, 0.1) is 28.8 Å². The molecule has 0 radical (unpaired) electrons. The Bertz CT molecular complexity index is 2870. The zero-order valence-corrected chi connectivity index (χ0v) is 37.2.